The van der Waals surface area contributed by atoms with Crippen LogP contribution in [0, 0.1) is 0 Å². The number of nitrogens with zero attached hydrogens (tertiary/aromatic N) is 1. The van der Waals surface area contributed by atoms with Crippen LogP contribution in [-0.2, 0) is 19.9 Å². The number of benzene rings is 2. The van der Waals surface area contributed by atoms with Gasteiger partial charge in [-0.1, -0.05) is 58.9 Å². The summed E-state index contributed by atoms with van der Waals surface area (Å²) >= 11 is 0. The number of H-pyrrole nitrogens is 1. The molecule has 11 heteroatoms. The second-order valence-corrected chi connectivity index (χ2v) is 18.9. The van der Waals surface area contributed by atoms with E-state index < -0.39 is 35.0 Å². The van der Waals surface area contributed by atoms with Crippen LogP contribution in [0.3, 0.4) is 0 Å². The summed E-state index contributed by atoms with van der Waals surface area (Å²) in [6.45, 7) is 15.6. The Bertz CT molecular complexity index is 1650. The number of hydrogen-bond donors (Lipinski definition) is 2. The maximum absolute atomic E-state index is 12.7. The Balaban J connectivity index is 2.13. The third-order valence-corrected chi connectivity index (χ3v) is 12.5. The van der Waals surface area contributed by atoms with Crippen molar-refractivity contribution in [2.24, 2.45) is 0 Å². The molecular formula is C30H41N3O6SSi. The van der Waals surface area contributed by atoms with Gasteiger partial charge in [-0.15, -0.1) is 0 Å². The summed E-state index contributed by atoms with van der Waals surface area (Å²) in [5, 5.41) is 0.0402. The SMILES string of the molecule is COc1c(/C=C/c2ccc(NS(C)(=O)=O)cc2)cc(-n2ccc(=O)[nH]c2=O)cc1C(C)(C)CO[Si](C)(C)C(C)(C)C. The molecule has 3 aromatic rings. The van der Waals surface area contributed by atoms with Crippen molar-refractivity contribution in [3.63, 3.8) is 0 Å². The number of methoxy groups -OCH3 is 1. The Labute approximate surface area is 243 Å². The van der Waals surface area contributed by atoms with Gasteiger partial charge in [0.2, 0.25) is 10.0 Å². The predicted octanol–water partition coefficient (Wildman–Crippen LogP) is 5.38. The van der Waals surface area contributed by atoms with E-state index >= 15 is 0 Å². The molecule has 0 fully saturated rings. The maximum Gasteiger partial charge on any atom is 0.332 e. The topological polar surface area (TPSA) is 119 Å². The van der Waals surface area contributed by atoms with E-state index in [1.807, 2.05) is 24.3 Å². The third kappa shape index (κ3) is 8.08. The summed E-state index contributed by atoms with van der Waals surface area (Å²) in [7, 11) is -3.82. The van der Waals surface area contributed by atoms with Crippen molar-refractivity contribution in [1.29, 1.82) is 0 Å². The first kappa shape index (κ1) is 32.1. The predicted molar refractivity (Wildman–Crippen MR) is 169 cm³/mol. The fourth-order valence-corrected chi connectivity index (χ4v) is 5.69. The van der Waals surface area contributed by atoms with E-state index in [4.69, 9.17) is 9.16 Å². The minimum atomic E-state index is -3.38. The zero-order valence-corrected chi connectivity index (χ0v) is 27.1. The Morgan fingerprint density at radius 1 is 1.00 bits per heavy atom. The Hall–Kier alpha value is -3.41. The molecule has 41 heavy (non-hydrogen) atoms. The highest BCUT2D eigenvalue weighted by atomic mass is 32.2. The van der Waals surface area contributed by atoms with Gasteiger partial charge in [-0.25, -0.2) is 13.2 Å². The second-order valence-electron chi connectivity index (χ2n) is 12.4. The second kappa shape index (κ2) is 11.8. The van der Waals surface area contributed by atoms with Gasteiger partial charge in [-0.2, -0.15) is 0 Å². The van der Waals surface area contributed by atoms with Crippen molar-refractivity contribution in [1.82, 2.24) is 9.55 Å². The summed E-state index contributed by atoms with van der Waals surface area (Å²) < 4.78 is 39.5. The molecule has 0 radical (unpaired) electrons. The van der Waals surface area contributed by atoms with E-state index in [9.17, 15) is 18.0 Å². The van der Waals surface area contributed by atoms with Gasteiger partial charge >= 0.3 is 5.69 Å². The van der Waals surface area contributed by atoms with Gasteiger partial charge in [0.25, 0.3) is 5.56 Å². The van der Waals surface area contributed by atoms with Crippen LogP contribution < -0.4 is 20.7 Å². The average molecular weight is 600 g/mol. The first-order valence-electron chi connectivity index (χ1n) is 13.3. The Morgan fingerprint density at radius 2 is 1.63 bits per heavy atom. The molecule has 222 valence electrons. The van der Waals surface area contributed by atoms with E-state index in [-0.39, 0.29) is 5.04 Å². The summed E-state index contributed by atoms with van der Waals surface area (Å²) in [5.41, 5.74) is 1.91. The zero-order chi connectivity index (χ0) is 30.8. The van der Waals surface area contributed by atoms with E-state index in [0.29, 0.717) is 23.7 Å². The van der Waals surface area contributed by atoms with Gasteiger partial charge < -0.3 is 9.16 Å². The molecule has 0 aliphatic carbocycles. The average Bonchev–Trinajstić information content (AvgIpc) is 2.85. The number of nitrogens with one attached hydrogen (secondary N) is 2. The van der Waals surface area contributed by atoms with E-state index in [0.717, 1.165) is 22.9 Å². The van der Waals surface area contributed by atoms with Gasteiger partial charge in [0.15, 0.2) is 8.32 Å². The zero-order valence-electron chi connectivity index (χ0n) is 25.3. The van der Waals surface area contributed by atoms with Crippen molar-refractivity contribution in [2.75, 3.05) is 24.7 Å². The first-order chi connectivity index (χ1) is 18.8. The van der Waals surface area contributed by atoms with Crippen LogP contribution in [0.25, 0.3) is 17.8 Å². The Kier molecular flexibility index (Phi) is 9.26. The molecule has 0 saturated heterocycles. The molecule has 0 aliphatic heterocycles. The normalized spacial score (nSPS) is 13.0. The molecule has 0 amide bonds. The number of hydrogen-bond acceptors (Lipinski definition) is 6. The van der Waals surface area contributed by atoms with Crippen molar-refractivity contribution in [3.05, 3.63) is 86.2 Å². The van der Waals surface area contributed by atoms with Gasteiger partial charge in [0.05, 0.1) is 19.1 Å². The molecule has 0 saturated carbocycles. The maximum atomic E-state index is 12.7. The standard InChI is InChI=1S/C30H41N3O6SSi/c1-29(2,3)41(8,9)39-20-30(4,5)25-19-24(33-17-16-26(34)31-28(33)35)18-22(27(25)38-6)13-10-21-11-14-23(15-12-21)32-40(7,36)37/h10-19,32H,20H2,1-9H3,(H,31,34,35)/b13-10+. The molecular weight excluding hydrogens is 558 g/mol. The molecule has 0 unspecified atom stereocenters. The lowest BCUT2D eigenvalue weighted by Crippen LogP contribution is -2.44. The minimum absolute atomic E-state index is 0.0402. The highest BCUT2D eigenvalue weighted by Gasteiger charge is 2.39. The lowest BCUT2D eigenvalue weighted by molar-refractivity contribution is 0.216. The van der Waals surface area contributed by atoms with Crippen molar-refractivity contribution >= 4 is 36.2 Å². The molecule has 3 rings (SSSR count). The number of sulfonamides is 1. The summed E-state index contributed by atoms with van der Waals surface area (Å²) in [5.74, 6) is 0.640. The van der Waals surface area contributed by atoms with Crippen LogP contribution >= 0.6 is 0 Å². The van der Waals surface area contributed by atoms with Crippen molar-refractivity contribution in [2.45, 2.75) is 58.2 Å². The fourth-order valence-electron chi connectivity index (χ4n) is 3.97. The quantitative estimate of drug-likeness (QED) is 0.239. The van der Waals surface area contributed by atoms with E-state index in [1.54, 1.807) is 31.4 Å². The fraction of sp³-hybridized carbons (Fsp3) is 0.400. The molecule has 0 aliphatic rings. The van der Waals surface area contributed by atoms with Crippen LogP contribution in [0.15, 0.2) is 58.3 Å². The molecule has 0 atom stereocenters. The summed E-state index contributed by atoms with van der Waals surface area (Å²) in [4.78, 5) is 26.8. The number of anilines is 1. The first-order valence-corrected chi connectivity index (χ1v) is 18.1. The van der Waals surface area contributed by atoms with Gasteiger partial charge in [0, 0.05) is 41.1 Å². The molecule has 9 nitrogen and oxygen atoms in total. The van der Waals surface area contributed by atoms with E-state index in [1.165, 1.54) is 16.8 Å². The van der Waals surface area contributed by atoms with E-state index in [2.05, 4.69) is 57.4 Å². The molecule has 0 spiro atoms. The monoisotopic (exact) mass is 599 g/mol. The highest BCUT2D eigenvalue weighted by molar-refractivity contribution is 7.92. The summed E-state index contributed by atoms with van der Waals surface area (Å²) in [6, 6.07) is 12.0. The molecule has 0 bridgehead atoms. The van der Waals surface area contributed by atoms with Gasteiger partial charge in [-0.05, 0) is 48.0 Å². The van der Waals surface area contributed by atoms with Crippen LogP contribution in [0.4, 0.5) is 5.69 Å². The van der Waals surface area contributed by atoms with Gasteiger partial charge in [0.1, 0.15) is 5.75 Å². The number of rotatable bonds is 10. The third-order valence-electron chi connectivity index (χ3n) is 7.41. The number of aromatic amines is 1. The molecule has 2 N–H and O–H groups in total. The lowest BCUT2D eigenvalue weighted by atomic mass is 9.83. The van der Waals surface area contributed by atoms with Crippen LogP contribution in [-0.4, -0.2) is 46.3 Å². The molecule has 2 aromatic carbocycles. The molecule has 1 aromatic heterocycles. The summed E-state index contributed by atoms with van der Waals surface area (Å²) in [6.07, 6.45) is 6.31. The largest absolute Gasteiger partial charge is 0.496 e. The number of ether oxygens (including phenoxy) is 1. The number of aromatic nitrogens is 2. The van der Waals surface area contributed by atoms with Crippen LogP contribution in [0.5, 0.6) is 5.75 Å². The Morgan fingerprint density at radius 3 is 2.17 bits per heavy atom. The van der Waals surface area contributed by atoms with Crippen LogP contribution in [0.2, 0.25) is 18.1 Å². The highest BCUT2D eigenvalue weighted by Crippen LogP contribution is 2.41. The smallest absolute Gasteiger partial charge is 0.332 e. The molecule has 1 heterocycles. The van der Waals surface area contributed by atoms with Crippen molar-refractivity contribution in [3.8, 4) is 11.4 Å². The van der Waals surface area contributed by atoms with Crippen molar-refractivity contribution < 1.29 is 17.6 Å². The van der Waals surface area contributed by atoms with Gasteiger partial charge in [-0.3, -0.25) is 19.1 Å². The lowest BCUT2D eigenvalue weighted by Gasteiger charge is -2.39. The van der Waals surface area contributed by atoms with Crippen LogP contribution in [0.1, 0.15) is 51.3 Å². The minimum Gasteiger partial charge on any atom is -0.496 e.